The standard InChI is InChI=1S/C19H18Cl2N4O2/c1-10-17(18(25-27-10)16-14(20)3-2-4-15(16)21)23-19(26)24-22-9-13-8-11-5-6-12(13)7-11/h2-6,9,11-13H,7-8H2,1H3,(H2,23,24,26)/b22-9+. The van der Waals surface area contributed by atoms with Crippen LogP contribution in [0.15, 0.2) is 40.0 Å². The van der Waals surface area contributed by atoms with Crippen LogP contribution in [0.3, 0.4) is 0 Å². The van der Waals surface area contributed by atoms with E-state index in [9.17, 15) is 4.79 Å². The van der Waals surface area contributed by atoms with Gasteiger partial charge in [-0.05, 0) is 43.7 Å². The zero-order valence-corrected chi connectivity index (χ0v) is 16.1. The quantitative estimate of drug-likeness (QED) is 0.413. The van der Waals surface area contributed by atoms with Gasteiger partial charge in [0, 0.05) is 17.7 Å². The number of anilines is 1. The van der Waals surface area contributed by atoms with E-state index in [1.54, 1.807) is 25.1 Å². The van der Waals surface area contributed by atoms with Crippen molar-refractivity contribution in [1.29, 1.82) is 0 Å². The molecule has 1 aromatic heterocycles. The lowest BCUT2D eigenvalue weighted by Crippen LogP contribution is -2.25. The topological polar surface area (TPSA) is 79.5 Å². The van der Waals surface area contributed by atoms with Gasteiger partial charge in [-0.2, -0.15) is 5.10 Å². The van der Waals surface area contributed by atoms with Gasteiger partial charge >= 0.3 is 6.03 Å². The summed E-state index contributed by atoms with van der Waals surface area (Å²) >= 11 is 12.5. The molecule has 27 heavy (non-hydrogen) atoms. The summed E-state index contributed by atoms with van der Waals surface area (Å²) in [4.78, 5) is 12.3. The third-order valence-electron chi connectivity index (χ3n) is 5.06. The number of allylic oxidation sites excluding steroid dienone is 2. The number of carbonyl (C=O) groups is 1. The second-order valence-corrected chi connectivity index (χ2v) is 7.66. The van der Waals surface area contributed by atoms with Gasteiger partial charge in [-0.1, -0.05) is 46.6 Å². The maximum Gasteiger partial charge on any atom is 0.339 e. The summed E-state index contributed by atoms with van der Waals surface area (Å²) in [6, 6.07) is 4.65. The molecule has 2 amide bonds. The Morgan fingerprint density at radius 3 is 2.74 bits per heavy atom. The van der Waals surface area contributed by atoms with E-state index in [1.165, 1.54) is 6.42 Å². The molecule has 2 N–H and O–H groups in total. The number of rotatable bonds is 4. The van der Waals surface area contributed by atoms with Gasteiger partial charge in [-0.3, -0.25) is 0 Å². The fourth-order valence-corrected chi connectivity index (χ4v) is 4.32. The molecule has 3 atom stereocenters. The molecule has 0 aliphatic heterocycles. The molecule has 2 bridgehead atoms. The number of halogens is 2. The van der Waals surface area contributed by atoms with Crippen LogP contribution in [0.4, 0.5) is 10.5 Å². The number of nitrogens with zero attached hydrogens (tertiary/aromatic N) is 2. The molecule has 1 aromatic carbocycles. The molecule has 0 saturated heterocycles. The summed E-state index contributed by atoms with van der Waals surface area (Å²) in [5.41, 5.74) is 3.79. The summed E-state index contributed by atoms with van der Waals surface area (Å²) in [5, 5.41) is 11.6. The average Bonchev–Trinajstić information content (AvgIpc) is 3.33. The van der Waals surface area contributed by atoms with Crippen LogP contribution < -0.4 is 10.7 Å². The number of urea groups is 1. The number of hydrogen-bond donors (Lipinski definition) is 2. The highest BCUT2D eigenvalue weighted by molar-refractivity contribution is 6.39. The Balaban J connectivity index is 1.46. The molecular formula is C19H18Cl2N4O2. The zero-order valence-electron chi connectivity index (χ0n) is 14.6. The van der Waals surface area contributed by atoms with Crippen molar-refractivity contribution in [2.24, 2.45) is 22.9 Å². The van der Waals surface area contributed by atoms with Gasteiger partial charge < -0.3 is 9.84 Å². The van der Waals surface area contributed by atoms with Crippen molar-refractivity contribution < 1.29 is 9.32 Å². The van der Waals surface area contributed by atoms with Crippen LogP contribution in [0, 0.1) is 24.7 Å². The van der Waals surface area contributed by atoms with Gasteiger partial charge in [0.25, 0.3) is 0 Å². The van der Waals surface area contributed by atoms with Crippen molar-refractivity contribution in [3.8, 4) is 11.3 Å². The van der Waals surface area contributed by atoms with E-state index in [4.69, 9.17) is 27.7 Å². The first kappa shape index (κ1) is 18.1. The summed E-state index contributed by atoms with van der Waals surface area (Å²) in [6.07, 6.45) is 8.61. The van der Waals surface area contributed by atoms with Crippen molar-refractivity contribution >= 4 is 41.1 Å². The maximum atomic E-state index is 12.3. The third kappa shape index (κ3) is 3.59. The molecule has 1 heterocycles. The second-order valence-electron chi connectivity index (χ2n) is 6.85. The van der Waals surface area contributed by atoms with Crippen LogP contribution in [-0.4, -0.2) is 17.4 Å². The largest absolute Gasteiger partial charge is 0.359 e. The highest BCUT2D eigenvalue weighted by Gasteiger charge is 2.34. The first-order chi connectivity index (χ1) is 13.0. The number of fused-ring (bicyclic) bond motifs is 2. The average molecular weight is 405 g/mol. The van der Waals surface area contributed by atoms with Crippen LogP contribution in [0.5, 0.6) is 0 Å². The fraction of sp³-hybridized carbons (Fsp3) is 0.316. The predicted molar refractivity (Wildman–Crippen MR) is 106 cm³/mol. The lowest BCUT2D eigenvalue weighted by Gasteiger charge is -2.12. The fourth-order valence-electron chi connectivity index (χ4n) is 3.74. The number of benzene rings is 1. The first-order valence-electron chi connectivity index (χ1n) is 8.72. The smallest absolute Gasteiger partial charge is 0.339 e. The summed E-state index contributed by atoms with van der Waals surface area (Å²) < 4.78 is 5.22. The van der Waals surface area contributed by atoms with Crippen LogP contribution in [0.25, 0.3) is 11.3 Å². The molecule has 0 spiro atoms. The number of aryl methyl sites for hydroxylation is 1. The van der Waals surface area contributed by atoms with Crippen LogP contribution in [0.1, 0.15) is 18.6 Å². The van der Waals surface area contributed by atoms with E-state index in [2.05, 4.69) is 33.2 Å². The number of aromatic nitrogens is 1. The number of hydrogen-bond acceptors (Lipinski definition) is 4. The van der Waals surface area contributed by atoms with Crippen LogP contribution in [0.2, 0.25) is 10.0 Å². The number of hydrazone groups is 1. The summed E-state index contributed by atoms with van der Waals surface area (Å²) in [7, 11) is 0. The van der Waals surface area contributed by atoms with Gasteiger partial charge in [0.1, 0.15) is 11.4 Å². The Bertz CT molecular complexity index is 918. The monoisotopic (exact) mass is 404 g/mol. The lowest BCUT2D eigenvalue weighted by molar-refractivity contribution is 0.252. The van der Waals surface area contributed by atoms with E-state index >= 15 is 0 Å². The van der Waals surface area contributed by atoms with Gasteiger partial charge in [0.05, 0.1) is 10.0 Å². The van der Waals surface area contributed by atoms with Crippen molar-refractivity contribution in [3.63, 3.8) is 0 Å². The molecule has 1 fully saturated rings. The molecule has 4 rings (SSSR count). The lowest BCUT2D eigenvalue weighted by atomic mass is 9.95. The predicted octanol–water partition coefficient (Wildman–Crippen LogP) is 5.28. The Hall–Kier alpha value is -2.31. The van der Waals surface area contributed by atoms with Crippen LogP contribution >= 0.6 is 23.2 Å². The molecule has 8 heteroatoms. The van der Waals surface area contributed by atoms with Crippen molar-refractivity contribution in [3.05, 3.63) is 46.2 Å². The van der Waals surface area contributed by atoms with Gasteiger partial charge in [0.15, 0.2) is 5.76 Å². The highest BCUT2D eigenvalue weighted by atomic mass is 35.5. The SMILES string of the molecule is Cc1onc(-c2c(Cl)cccc2Cl)c1NC(=O)N/N=C/C1CC2C=CC1C2. The third-order valence-corrected chi connectivity index (χ3v) is 5.69. The molecule has 1 saturated carbocycles. The van der Waals surface area contributed by atoms with E-state index < -0.39 is 6.03 Å². The van der Waals surface area contributed by atoms with Gasteiger partial charge in [0.2, 0.25) is 0 Å². The first-order valence-corrected chi connectivity index (χ1v) is 9.47. The van der Waals surface area contributed by atoms with Crippen molar-refractivity contribution in [2.45, 2.75) is 19.8 Å². The Morgan fingerprint density at radius 1 is 1.30 bits per heavy atom. The minimum absolute atomic E-state index is 0.375. The van der Waals surface area contributed by atoms with E-state index in [1.807, 2.05) is 6.21 Å². The molecule has 2 aliphatic rings. The molecule has 2 aromatic rings. The minimum Gasteiger partial charge on any atom is -0.359 e. The molecule has 3 unspecified atom stereocenters. The molecule has 2 aliphatic carbocycles. The van der Waals surface area contributed by atoms with E-state index in [0.717, 1.165) is 6.42 Å². The van der Waals surface area contributed by atoms with E-state index in [-0.39, 0.29) is 0 Å². The number of amides is 2. The molecule has 140 valence electrons. The normalized spacial score (nSPS) is 23.3. The highest BCUT2D eigenvalue weighted by Crippen LogP contribution is 2.42. The summed E-state index contributed by atoms with van der Waals surface area (Å²) in [6.45, 7) is 1.70. The number of carbonyl (C=O) groups excluding carboxylic acids is 1. The Morgan fingerprint density at radius 2 is 2.07 bits per heavy atom. The van der Waals surface area contributed by atoms with Crippen LogP contribution in [-0.2, 0) is 0 Å². The molecular weight excluding hydrogens is 387 g/mol. The molecule has 0 radical (unpaired) electrons. The molecule has 6 nitrogen and oxygen atoms in total. The maximum absolute atomic E-state index is 12.3. The minimum atomic E-state index is -0.485. The summed E-state index contributed by atoms with van der Waals surface area (Å²) in [5.74, 6) is 2.02. The number of nitrogens with one attached hydrogen (secondary N) is 2. The Labute approximate surface area is 166 Å². The second kappa shape index (κ2) is 7.37. The van der Waals surface area contributed by atoms with Gasteiger partial charge in [-0.15, -0.1) is 0 Å². The van der Waals surface area contributed by atoms with Crippen molar-refractivity contribution in [2.75, 3.05) is 5.32 Å². The van der Waals surface area contributed by atoms with Crippen molar-refractivity contribution in [1.82, 2.24) is 10.6 Å². The zero-order chi connectivity index (χ0) is 19.0. The Kier molecular flexibility index (Phi) is 4.93. The van der Waals surface area contributed by atoms with E-state index in [0.29, 0.717) is 50.5 Å². The van der Waals surface area contributed by atoms with Gasteiger partial charge in [-0.25, -0.2) is 10.2 Å².